The molecule has 0 atom stereocenters. The van der Waals surface area contributed by atoms with E-state index in [0.717, 1.165) is 27.7 Å². The van der Waals surface area contributed by atoms with Gasteiger partial charge in [0.2, 0.25) is 5.91 Å². The molecule has 4 rings (SSSR count). The highest BCUT2D eigenvalue weighted by Gasteiger charge is 2.10. The van der Waals surface area contributed by atoms with Gasteiger partial charge in [-0.25, -0.2) is 9.67 Å². The molecule has 2 aromatic heterocycles. The number of nitrogens with one attached hydrogen (secondary N) is 1. The van der Waals surface area contributed by atoms with Gasteiger partial charge in [-0.15, -0.1) is 0 Å². The molecule has 0 saturated carbocycles. The summed E-state index contributed by atoms with van der Waals surface area (Å²) in [5, 5.41) is 8.25. The Hall–Kier alpha value is -3.41. The molecular weight excluding hydrogens is 326 g/mol. The van der Waals surface area contributed by atoms with Crippen LogP contribution >= 0.6 is 0 Å². The highest BCUT2D eigenvalue weighted by atomic mass is 16.1. The van der Waals surface area contributed by atoms with E-state index in [-0.39, 0.29) is 5.91 Å². The minimum absolute atomic E-state index is 0.00696. The molecule has 2 aromatic carbocycles. The molecule has 1 N–H and O–H groups in total. The third kappa shape index (κ3) is 3.21. The Morgan fingerprint density at radius 1 is 1.15 bits per heavy atom. The van der Waals surface area contributed by atoms with Gasteiger partial charge in [-0.1, -0.05) is 30.3 Å². The van der Waals surface area contributed by atoms with E-state index in [9.17, 15) is 4.79 Å². The Morgan fingerprint density at radius 3 is 2.88 bits per heavy atom. The summed E-state index contributed by atoms with van der Waals surface area (Å²) in [6, 6.07) is 16.0. The average molecular weight is 345 g/mol. The molecule has 6 heteroatoms. The zero-order chi connectivity index (χ0) is 17.9. The van der Waals surface area contributed by atoms with Gasteiger partial charge in [0.15, 0.2) is 0 Å². The van der Waals surface area contributed by atoms with Gasteiger partial charge in [0.05, 0.1) is 12.1 Å². The van der Waals surface area contributed by atoms with Gasteiger partial charge in [-0.3, -0.25) is 4.79 Å². The summed E-state index contributed by atoms with van der Waals surface area (Å²) in [5.74, 6) is 0.00696. The molecule has 4 aromatic rings. The van der Waals surface area contributed by atoms with E-state index in [1.165, 1.54) is 6.33 Å². The minimum atomic E-state index is 0.00696. The second kappa shape index (κ2) is 6.84. The summed E-state index contributed by atoms with van der Waals surface area (Å²) in [7, 11) is 2.00. The fourth-order valence-electron chi connectivity index (χ4n) is 3.15. The fraction of sp³-hybridized carbons (Fsp3) is 0.150. The van der Waals surface area contributed by atoms with Crippen LogP contribution in [0.15, 0.2) is 67.4 Å². The number of para-hydroxylation sites is 1. The lowest BCUT2D eigenvalue weighted by Crippen LogP contribution is -2.24. The van der Waals surface area contributed by atoms with Gasteiger partial charge in [-0.2, -0.15) is 5.10 Å². The molecule has 0 spiro atoms. The number of carbonyl (C=O) groups excluding carboxylic acids is 1. The first-order valence-electron chi connectivity index (χ1n) is 8.44. The molecule has 130 valence electrons. The van der Waals surface area contributed by atoms with Crippen LogP contribution in [-0.4, -0.2) is 25.2 Å². The lowest BCUT2D eigenvalue weighted by atomic mass is 10.1. The Kier molecular flexibility index (Phi) is 4.23. The molecule has 0 bridgehead atoms. The van der Waals surface area contributed by atoms with E-state index in [4.69, 9.17) is 0 Å². The third-order valence-corrected chi connectivity index (χ3v) is 4.41. The van der Waals surface area contributed by atoms with E-state index in [0.29, 0.717) is 13.0 Å². The van der Waals surface area contributed by atoms with E-state index < -0.39 is 0 Å². The quantitative estimate of drug-likeness (QED) is 0.605. The standard InChI is InChI=1S/C20H19N5O/c1-24-12-16(18-7-2-3-8-19(18)24)10-20(26)22-11-15-5-4-6-17(9-15)25-14-21-13-23-25/h2-9,12-14H,10-11H2,1H3,(H,22,26). The van der Waals surface area contributed by atoms with Gasteiger partial charge < -0.3 is 9.88 Å². The van der Waals surface area contributed by atoms with Crippen molar-refractivity contribution in [2.24, 2.45) is 7.05 Å². The summed E-state index contributed by atoms with van der Waals surface area (Å²) in [5.41, 5.74) is 4.11. The first kappa shape index (κ1) is 16.1. The largest absolute Gasteiger partial charge is 0.352 e. The van der Waals surface area contributed by atoms with Crippen LogP contribution in [0.1, 0.15) is 11.1 Å². The molecule has 0 fully saturated rings. The van der Waals surface area contributed by atoms with E-state index in [2.05, 4.69) is 32.1 Å². The zero-order valence-electron chi connectivity index (χ0n) is 14.5. The minimum Gasteiger partial charge on any atom is -0.352 e. The van der Waals surface area contributed by atoms with Crippen molar-refractivity contribution in [3.8, 4) is 5.69 Å². The zero-order valence-corrected chi connectivity index (χ0v) is 14.5. The normalized spacial score (nSPS) is 11.0. The van der Waals surface area contributed by atoms with Crippen molar-refractivity contribution in [2.45, 2.75) is 13.0 Å². The first-order valence-corrected chi connectivity index (χ1v) is 8.44. The highest BCUT2D eigenvalue weighted by molar-refractivity contribution is 5.89. The Balaban J connectivity index is 1.43. The van der Waals surface area contributed by atoms with Crippen LogP contribution in [0.2, 0.25) is 0 Å². The molecule has 2 heterocycles. The van der Waals surface area contributed by atoms with Crippen molar-refractivity contribution in [3.63, 3.8) is 0 Å². The monoisotopic (exact) mass is 345 g/mol. The summed E-state index contributed by atoms with van der Waals surface area (Å²) in [6.07, 6.45) is 5.54. The number of hydrogen-bond acceptors (Lipinski definition) is 3. The SMILES string of the molecule is Cn1cc(CC(=O)NCc2cccc(-n3cncn3)c2)c2ccccc21. The number of aromatic nitrogens is 4. The number of nitrogens with zero attached hydrogens (tertiary/aromatic N) is 4. The Labute approximate surface area is 151 Å². The Morgan fingerprint density at radius 2 is 2.04 bits per heavy atom. The summed E-state index contributed by atoms with van der Waals surface area (Å²) < 4.78 is 3.75. The molecule has 6 nitrogen and oxygen atoms in total. The predicted octanol–water partition coefficient (Wildman–Crippen LogP) is 2.62. The lowest BCUT2D eigenvalue weighted by Gasteiger charge is -2.07. The van der Waals surface area contributed by atoms with Gasteiger partial charge in [-0.05, 0) is 29.3 Å². The van der Waals surface area contributed by atoms with Crippen LogP contribution in [0.4, 0.5) is 0 Å². The lowest BCUT2D eigenvalue weighted by molar-refractivity contribution is -0.120. The topological polar surface area (TPSA) is 64.7 Å². The number of carbonyl (C=O) groups is 1. The molecule has 0 aliphatic carbocycles. The van der Waals surface area contributed by atoms with Gasteiger partial charge in [0, 0.05) is 30.7 Å². The van der Waals surface area contributed by atoms with E-state index in [1.807, 2.05) is 49.6 Å². The molecule has 0 radical (unpaired) electrons. The van der Waals surface area contributed by atoms with Crippen molar-refractivity contribution in [2.75, 3.05) is 0 Å². The number of aryl methyl sites for hydroxylation is 1. The van der Waals surface area contributed by atoms with Crippen LogP contribution in [0.5, 0.6) is 0 Å². The van der Waals surface area contributed by atoms with E-state index in [1.54, 1.807) is 11.0 Å². The molecule has 0 aliphatic rings. The number of rotatable bonds is 5. The number of hydrogen-bond donors (Lipinski definition) is 1. The molecule has 0 aliphatic heterocycles. The number of fused-ring (bicyclic) bond motifs is 1. The maximum Gasteiger partial charge on any atom is 0.224 e. The molecule has 26 heavy (non-hydrogen) atoms. The molecular formula is C20H19N5O. The Bertz CT molecular complexity index is 1050. The third-order valence-electron chi connectivity index (χ3n) is 4.41. The van der Waals surface area contributed by atoms with Crippen molar-refractivity contribution in [1.82, 2.24) is 24.6 Å². The fourth-order valence-corrected chi connectivity index (χ4v) is 3.15. The number of benzene rings is 2. The summed E-state index contributed by atoms with van der Waals surface area (Å²) in [6.45, 7) is 0.478. The second-order valence-electron chi connectivity index (χ2n) is 6.25. The highest BCUT2D eigenvalue weighted by Crippen LogP contribution is 2.20. The summed E-state index contributed by atoms with van der Waals surface area (Å²) >= 11 is 0. The van der Waals surface area contributed by atoms with Crippen molar-refractivity contribution >= 4 is 16.8 Å². The van der Waals surface area contributed by atoms with Crippen LogP contribution in [0.25, 0.3) is 16.6 Å². The molecule has 0 unspecified atom stereocenters. The molecule has 1 amide bonds. The van der Waals surface area contributed by atoms with Crippen LogP contribution in [0, 0.1) is 0 Å². The number of amides is 1. The first-order chi connectivity index (χ1) is 12.7. The molecule has 0 saturated heterocycles. The average Bonchev–Trinajstić information content (AvgIpc) is 3.30. The maximum atomic E-state index is 12.4. The van der Waals surface area contributed by atoms with Gasteiger partial charge in [0.25, 0.3) is 0 Å². The second-order valence-corrected chi connectivity index (χ2v) is 6.25. The van der Waals surface area contributed by atoms with Crippen LogP contribution in [0.3, 0.4) is 0 Å². The van der Waals surface area contributed by atoms with E-state index >= 15 is 0 Å². The smallest absolute Gasteiger partial charge is 0.224 e. The van der Waals surface area contributed by atoms with Gasteiger partial charge in [0.1, 0.15) is 12.7 Å². The van der Waals surface area contributed by atoms with Crippen molar-refractivity contribution in [1.29, 1.82) is 0 Å². The van der Waals surface area contributed by atoms with Gasteiger partial charge >= 0.3 is 0 Å². The van der Waals surface area contributed by atoms with Crippen LogP contribution in [-0.2, 0) is 24.8 Å². The predicted molar refractivity (Wildman–Crippen MR) is 99.8 cm³/mol. The van der Waals surface area contributed by atoms with Crippen molar-refractivity contribution < 1.29 is 4.79 Å². The summed E-state index contributed by atoms with van der Waals surface area (Å²) in [4.78, 5) is 16.4. The van der Waals surface area contributed by atoms with Crippen molar-refractivity contribution in [3.05, 3.63) is 78.5 Å². The van der Waals surface area contributed by atoms with Crippen LogP contribution < -0.4 is 5.32 Å². The maximum absolute atomic E-state index is 12.4.